The number of hydrogen-bond donors (Lipinski definition) is 2. The van der Waals surface area contributed by atoms with Crippen molar-refractivity contribution >= 4 is 21.6 Å². The van der Waals surface area contributed by atoms with Crippen LogP contribution in [-0.4, -0.2) is 34.1 Å². The van der Waals surface area contributed by atoms with Gasteiger partial charge in [0, 0.05) is 31.0 Å². The number of aryl methyl sites for hydroxylation is 2. The molecule has 2 N–H and O–H groups in total. The fourth-order valence-corrected chi connectivity index (χ4v) is 3.72. The van der Waals surface area contributed by atoms with Crippen LogP contribution in [0.4, 0.5) is 5.69 Å². The molecule has 0 fully saturated rings. The molecule has 0 saturated heterocycles. The number of hydrogen-bond acceptors (Lipinski definition) is 4. The third-order valence-electron chi connectivity index (χ3n) is 4.27. The highest BCUT2D eigenvalue weighted by molar-refractivity contribution is 7.92. The molecule has 0 spiro atoms. The molecule has 2 aromatic rings. The molecule has 0 radical (unpaired) electrons. The van der Waals surface area contributed by atoms with Crippen molar-refractivity contribution in [3.63, 3.8) is 0 Å². The van der Waals surface area contributed by atoms with E-state index in [1.54, 1.807) is 25.1 Å². The number of benzene rings is 2. The number of nitrogens with one attached hydrogen (secondary N) is 2. The second-order valence-electron chi connectivity index (χ2n) is 7.53. The van der Waals surface area contributed by atoms with Crippen molar-refractivity contribution in [3.05, 3.63) is 59.2 Å². The first kappa shape index (κ1) is 22.9. The first-order chi connectivity index (χ1) is 13.7. The van der Waals surface area contributed by atoms with Gasteiger partial charge < -0.3 is 10.1 Å². The van der Waals surface area contributed by atoms with Gasteiger partial charge in [0.15, 0.2) is 0 Å². The fourth-order valence-electron chi connectivity index (χ4n) is 2.64. The number of amides is 1. The number of carbonyl (C=O) groups excluding carboxylic acids is 1. The molecule has 0 heterocycles. The van der Waals surface area contributed by atoms with E-state index in [0.717, 1.165) is 5.56 Å². The van der Waals surface area contributed by atoms with Crippen LogP contribution in [0.3, 0.4) is 0 Å². The quantitative estimate of drug-likeness (QED) is 0.573. The number of anilines is 1. The van der Waals surface area contributed by atoms with Gasteiger partial charge in [0.2, 0.25) is 0 Å². The molecule has 6 nitrogen and oxygen atoms in total. The highest BCUT2D eigenvalue weighted by Crippen LogP contribution is 2.19. The van der Waals surface area contributed by atoms with Crippen LogP contribution in [0.25, 0.3) is 0 Å². The van der Waals surface area contributed by atoms with E-state index in [-0.39, 0.29) is 10.8 Å². The zero-order valence-electron chi connectivity index (χ0n) is 17.5. The molecule has 0 saturated carbocycles. The Balaban J connectivity index is 2.02. The van der Waals surface area contributed by atoms with Gasteiger partial charge in [-0.1, -0.05) is 37.6 Å². The highest BCUT2D eigenvalue weighted by Gasteiger charge is 2.18. The summed E-state index contributed by atoms with van der Waals surface area (Å²) >= 11 is 0. The van der Waals surface area contributed by atoms with Crippen LogP contribution in [0.5, 0.6) is 0 Å². The Bertz CT molecular complexity index is 922. The number of sulfonamides is 1. The van der Waals surface area contributed by atoms with Crippen molar-refractivity contribution in [1.29, 1.82) is 0 Å². The van der Waals surface area contributed by atoms with Crippen molar-refractivity contribution in [1.82, 2.24) is 5.32 Å². The predicted molar refractivity (Wildman–Crippen MR) is 116 cm³/mol. The molecule has 0 bridgehead atoms. The minimum atomic E-state index is -3.79. The van der Waals surface area contributed by atoms with Gasteiger partial charge in [-0.15, -0.1) is 0 Å². The summed E-state index contributed by atoms with van der Waals surface area (Å²) in [6.07, 6.45) is 0.699. The lowest BCUT2D eigenvalue weighted by atomic mass is 10.1. The third-order valence-corrected chi connectivity index (χ3v) is 5.65. The molecule has 29 heavy (non-hydrogen) atoms. The summed E-state index contributed by atoms with van der Waals surface area (Å²) in [5.41, 5.74) is 2.58. The lowest BCUT2D eigenvalue weighted by Gasteiger charge is -2.12. The highest BCUT2D eigenvalue weighted by atomic mass is 32.2. The Kier molecular flexibility index (Phi) is 8.22. The average Bonchev–Trinajstić information content (AvgIpc) is 2.66. The first-order valence-corrected chi connectivity index (χ1v) is 11.2. The Morgan fingerprint density at radius 3 is 2.41 bits per heavy atom. The number of ether oxygens (including phenoxy) is 1. The second-order valence-corrected chi connectivity index (χ2v) is 9.21. The molecule has 7 heteroatoms. The zero-order chi connectivity index (χ0) is 21.4. The van der Waals surface area contributed by atoms with Crippen LogP contribution in [0.15, 0.2) is 47.4 Å². The molecule has 158 valence electrons. The second kappa shape index (κ2) is 10.4. The minimum absolute atomic E-state index is 0.0501. The summed E-state index contributed by atoms with van der Waals surface area (Å²) in [7, 11) is -3.79. The molecule has 0 aliphatic carbocycles. The van der Waals surface area contributed by atoms with E-state index in [0.29, 0.717) is 48.9 Å². The Hall–Kier alpha value is -2.38. The Morgan fingerprint density at radius 2 is 1.76 bits per heavy atom. The summed E-state index contributed by atoms with van der Waals surface area (Å²) in [5, 5.41) is 2.83. The topological polar surface area (TPSA) is 84.5 Å². The summed E-state index contributed by atoms with van der Waals surface area (Å²) in [5.74, 6) is 0.184. The van der Waals surface area contributed by atoms with Gasteiger partial charge in [-0.25, -0.2) is 8.42 Å². The van der Waals surface area contributed by atoms with Crippen molar-refractivity contribution < 1.29 is 17.9 Å². The van der Waals surface area contributed by atoms with Gasteiger partial charge in [-0.3, -0.25) is 9.52 Å². The Morgan fingerprint density at radius 1 is 1.07 bits per heavy atom. The maximum Gasteiger partial charge on any atom is 0.261 e. The van der Waals surface area contributed by atoms with Gasteiger partial charge in [0.25, 0.3) is 15.9 Å². The van der Waals surface area contributed by atoms with Gasteiger partial charge in [0.1, 0.15) is 0 Å². The SMILES string of the molecule is Cc1ccc(NS(=O)(=O)c2ccc(C)c(C(=O)NCCCOCC(C)C)c2)cc1. The molecule has 0 unspecified atom stereocenters. The maximum absolute atomic E-state index is 12.7. The number of carbonyl (C=O) groups is 1. The fraction of sp³-hybridized carbons (Fsp3) is 0.409. The van der Waals surface area contributed by atoms with Crippen molar-refractivity contribution in [3.8, 4) is 0 Å². The summed E-state index contributed by atoms with van der Waals surface area (Å²) < 4.78 is 33.4. The summed E-state index contributed by atoms with van der Waals surface area (Å²) in [6, 6.07) is 11.6. The van der Waals surface area contributed by atoms with Gasteiger partial charge in [0.05, 0.1) is 4.90 Å². The van der Waals surface area contributed by atoms with Crippen LogP contribution in [0.2, 0.25) is 0 Å². The Labute approximate surface area is 173 Å². The van der Waals surface area contributed by atoms with Gasteiger partial charge >= 0.3 is 0 Å². The van der Waals surface area contributed by atoms with E-state index in [1.165, 1.54) is 12.1 Å². The minimum Gasteiger partial charge on any atom is -0.381 e. The van der Waals surface area contributed by atoms with Crippen molar-refractivity contribution in [2.45, 2.75) is 39.0 Å². The van der Waals surface area contributed by atoms with Crippen LogP contribution in [0, 0.1) is 19.8 Å². The van der Waals surface area contributed by atoms with Crippen molar-refractivity contribution in [2.24, 2.45) is 5.92 Å². The summed E-state index contributed by atoms with van der Waals surface area (Å²) in [6.45, 7) is 9.62. The molecule has 2 aromatic carbocycles. The molecule has 2 rings (SSSR count). The van der Waals surface area contributed by atoms with Crippen LogP contribution in [0.1, 0.15) is 41.8 Å². The van der Waals surface area contributed by atoms with Gasteiger partial charge in [-0.2, -0.15) is 0 Å². The molecule has 0 aliphatic rings. The molecular formula is C22H30N2O4S. The van der Waals surface area contributed by atoms with E-state index in [1.807, 2.05) is 19.1 Å². The average molecular weight is 419 g/mol. The summed E-state index contributed by atoms with van der Waals surface area (Å²) in [4.78, 5) is 12.6. The monoisotopic (exact) mass is 418 g/mol. The molecule has 0 atom stereocenters. The number of rotatable bonds is 10. The largest absolute Gasteiger partial charge is 0.381 e. The van der Waals surface area contributed by atoms with E-state index >= 15 is 0 Å². The van der Waals surface area contributed by atoms with Crippen LogP contribution in [-0.2, 0) is 14.8 Å². The van der Waals surface area contributed by atoms with E-state index in [9.17, 15) is 13.2 Å². The van der Waals surface area contributed by atoms with E-state index in [2.05, 4.69) is 23.9 Å². The normalized spacial score (nSPS) is 11.5. The van der Waals surface area contributed by atoms with Crippen LogP contribution < -0.4 is 10.0 Å². The third kappa shape index (κ3) is 7.18. The standard InChI is InChI=1S/C22H30N2O4S/c1-16(2)15-28-13-5-12-23-22(25)21-14-20(11-8-18(21)4)29(26,27)24-19-9-6-17(3)7-10-19/h6-11,14,16,24H,5,12-13,15H2,1-4H3,(H,23,25). The van der Waals surface area contributed by atoms with Crippen LogP contribution >= 0.6 is 0 Å². The lowest BCUT2D eigenvalue weighted by molar-refractivity contribution is 0.0924. The molecule has 0 aromatic heterocycles. The maximum atomic E-state index is 12.7. The molecule has 0 aliphatic heterocycles. The van der Waals surface area contributed by atoms with Crippen molar-refractivity contribution in [2.75, 3.05) is 24.5 Å². The first-order valence-electron chi connectivity index (χ1n) is 9.75. The van der Waals surface area contributed by atoms with E-state index in [4.69, 9.17) is 4.74 Å². The zero-order valence-corrected chi connectivity index (χ0v) is 18.3. The van der Waals surface area contributed by atoms with Gasteiger partial charge in [-0.05, 0) is 56.0 Å². The molecular weight excluding hydrogens is 388 g/mol. The lowest BCUT2D eigenvalue weighted by Crippen LogP contribution is -2.26. The molecule has 1 amide bonds. The predicted octanol–water partition coefficient (Wildman–Crippen LogP) is 3.90. The smallest absolute Gasteiger partial charge is 0.261 e. The van der Waals surface area contributed by atoms with E-state index < -0.39 is 10.0 Å².